The van der Waals surface area contributed by atoms with Crippen LogP contribution in [0.4, 0.5) is 0 Å². The molecule has 4 rings (SSSR count). The van der Waals surface area contributed by atoms with Gasteiger partial charge in [0.25, 0.3) is 0 Å². The van der Waals surface area contributed by atoms with E-state index in [0.717, 1.165) is 0 Å². The van der Waals surface area contributed by atoms with Crippen molar-refractivity contribution in [3.63, 3.8) is 0 Å². The van der Waals surface area contributed by atoms with Gasteiger partial charge >= 0.3 is 11.6 Å². The van der Waals surface area contributed by atoms with Gasteiger partial charge in [-0.25, -0.2) is 9.59 Å². The number of benzene rings is 3. The third-order valence-corrected chi connectivity index (χ3v) is 4.22. The first-order valence-electron chi connectivity index (χ1n) is 8.57. The van der Waals surface area contributed by atoms with Crippen LogP contribution in [-0.4, -0.2) is 11.8 Å². The lowest BCUT2D eigenvalue weighted by atomic mass is 10.0. The minimum absolute atomic E-state index is 0.131. The maximum Gasteiger partial charge on any atom is 0.351 e. The summed E-state index contributed by atoms with van der Waals surface area (Å²) in [5, 5.41) is 0.623. The number of ether oxygens (including phenoxy) is 1. The first kappa shape index (κ1) is 17.4. The summed E-state index contributed by atoms with van der Waals surface area (Å²) in [6.07, 6.45) is 0. The highest BCUT2D eigenvalue weighted by Gasteiger charge is 2.16. The van der Waals surface area contributed by atoms with Crippen LogP contribution >= 0.6 is 0 Å². The quantitative estimate of drug-likeness (QED) is 0.232. The van der Waals surface area contributed by atoms with Crippen molar-refractivity contribution in [1.82, 2.24) is 0 Å². The Labute approximate surface area is 159 Å². The Morgan fingerprint density at radius 1 is 0.750 bits per heavy atom. The molecule has 5 heteroatoms. The second kappa shape index (κ2) is 7.32. The highest BCUT2D eigenvalue weighted by atomic mass is 16.5. The fraction of sp³-hybridized carbons (Fsp3) is 0. The van der Waals surface area contributed by atoms with Crippen LogP contribution in [0.1, 0.15) is 26.3 Å². The number of rotatable bonds is 4. The molecule has 1 aromatic heterocycles. The number of para-hydroxylation sites is 1. The molecule has 0 unspecified atom stereocenters. The Morgan fingerprint density at radius 2 is 1.39 bits per heavy atom. The van der Waals surface area contributed by atoms with Crippen molar-refractivity contribution in [2.24, 2.45) is 0 Å². The van der Waals surface area contributed by atoms with E-state index in [-0.39, 0.29) is 17.1 Å². The van der Waals surface area contributed by atoms with Gasteiger partial charge in [0.05, 0.1) is 0 Å². The van der Waals surface area contributed by atoms with Crippen molar-refractivity contribution in [3.8, 4) is 5.75 Å². The molecule has 3 aromatic carbocycles. The maximum atomic E-state index is 12.4. The minimum atomic E-state index is -0.818. The molecule has 0 N–H and O–H groups in total. The Hall–Kier alpha value is -3.99. The number of carbonyl (C=O) groups excluding carboxylic acids is 2. The summed E-state index contributed by atoms with van der Waals surface area (Å²) in [5.74, 6) is -0.725. The number of ketones is 1. The third-order valence-electron chi connectivity index (χ3n) is 4.22. The standard InChI is InChI=1S/C23H14O5/c24-21(15-6-2-1-3-7-15)16-10-12-18(13-11-16)27-22(25)19-14-17-8-4-5-9-20(17)28-23(19)26/h1-14H. The number of fused-ring (bicyclic) bond motifs is 1. The summed E-state index contributed by atoms with van der Waals surface area (Å²) < 4.78 is 10.4. The highest BCUT2D eigenvalue weighted by Crippen LogP contribution is 2.18. The number of carbonyl (C=O) groups is 2. The minimum Gasteiger partial charge on any atom is -0.423 e. The van der Waals surface area contributed by atoms with Gasteiger partial charge in [0.1, 0.15) is 16.9 Å². The summed E-state index contributed by atoms with van der Waals surface area (Å²) in [4.78, 5) is 36.8. The largest absolute Gasteiger partial charge is 0.423 e. The average molecular weight is 370 g/mol. The number of hydrogen-bond donors (Lipinski definition) is 0. The normalized spacial score (nSPS) is 10.6. The van der Waals surface area contributed by atoms with Crippen molar-refractivity contribution in [2.75, 3.05) is 0 Å². The molecule has 28 heavy (non-hydrogen) atoms. The van der Waals surface area contributed by atoms with Gasteiger partial charge in [-0.1, -0.05) is 48.5 Å². The van der Waals surface area contributed by atoms with Crippen LogP contribution in [0.2, 0.25) is 0 Å². The molecule has 136 valence electrons. The second-order valence-corrected chi connectivity index (χ2v) is 6.09. The molecular formula is C23H14O5. The van der Waals surface area contributed by atoms with E-state index in [1.54, 1.807) is 60.7 Å². The SMILES string of the molecule is O=C(c1ccccc1)c1ccc(OC(=O)c2cc3ccccc3oc2=O)cc1. The van der Waals surface area contributed by atoms with Gasteiger partial charge in [-0.05, 0) is 36.4 Å². The van der Waals surface area contributed by atoms with Crippen molar-refractivity contribution in [1.29, 1.82) is 0 Å². The van der Waals surface area contributed by atoms with Gasteiger partial charge in [-0.15, -0.1) is 0 Å². The fourth-order valence-corrected chi connectivity index (χ4v) is 2.80. The van der Waals surface area contributed by atoms with E-state index in [4.69, 9.17) is 9.15 Å². The lowest BCUT2D eigenvalue weighted by molar-refractivity contribution is 0.0730. The van der Waals surface area contributed by atoms with Crippen LogP contribution < -0.4 is 10.4 Å². The fourth-order valence-electron chi connectivity index (χ4n) is 2.80. The molecule has 0 saturated heterocycles. The van der Waals surface area contributed by atoms with Crippen LogP contribution in [0.3, 0.4) is 0 Å². The lowest BCUT2D eigenvalue weighted by Crippen LogP contribution is -2.18. The summed E-state index contributed by atoms with van der Waals surface area (Å²) in [7, 11) is 0. The Bertz CT molecular complexity index is 1220. The van der Waals surface area contributed by atoms with Gasteiger partial charge in [-0.3, -0.25) is 4.79 Å². The molecule has 4 aromatic rings. The molecule has 0 spiro atoms. The zero-order valence-electron chi connectivity index (χ0n) is 14.6. The highest BCUT2D eigenvalue weighted by molar-refractivity contribution is 6.09. The molecule has 1 heterocycles. The zero-order valence-corrected chi connectivity index (χ0v) is 14.6. The molecule has 0 aliphatic rings. The first-order valence-corrected chi connectivity index (χ1v) is 8.57. The summed E-state index contributed by atoms with van der Waals surface area (Å²) in [6, 6.07) is 23.4. The van der Waals surface area contributed by atoms with Gasteiger partial charge in [0.2, 0.25) is 0 Å². The molecule has 0 bridgehead atoms. The topological polar surface area (TPSA) is 73.6 Å². The molecule has 0 saturated carbocycles. The van der Waals surface area contributed by atoms with Crippen molar-refractivity contribution in [3.05, 3.63) is 112 Å². The van der Waals surface area contributed by atoms with E-state index in [2.05, 4.69) is 0 Å². The van der Waals surface area contributed by atoms with Crippen LogP contribution in [0.15, 0.2) is 94.1 Å². The molecule has 5 nitrogen and oxygen atoms in total. The van der Waals surface area contributed by atoms with Crippen molar-refractivity contribution < 1.29 is 18.7 Å². The van der Waals surface area contributed by atoms with E-state index < -0.39 is 11.6 Å². The predicted octanol–water partition coefficient (Wildman–Crippen LogP) is 4.24. The predicted molar refractivity (Wildman–Crippen MR) is 104 cm³/mol. The number of hydrogen-bond acceptors (Lipinski definition) is 5. The van der Waals surface area contributed by atoms with Gasteiger partial charge < -0.3 is 9.15 Å². The molecule has 0 fully saturated rings. The molecule has 0 aliphatic carbocycles. The van der Waals surface area contributed by atoms with E-state index in [1.165, 1.54) is 18.2 Å². The summed E-state index contributed by atoms with van der Waals surface area (Å²) in [6.45, 7) is 0. The molecular weight excluding hydrogens is 356 g/mol. The van der Waals surface area contributed by atoms with Gasteiger partial charge in [0, 0.05) is 16.5 Å². The average Bonchev–Trinajstić information content (AvgIpc) is 2.74. The summed E-state index contributed by atoms with van der Waals surface area (Å²) in [5.41, 5.74) is 0.479. The number of esters is 1. The molecule has 0 amide bonds. The van der Waals surface area contributed by atoms with Crippen molar-refractivity contribution >= 4 is 22.7 Å². The van der Waals surface area contributed by atoms with Gasteiger partial charge in [0.15, 0.2) is 5.78 Å². The van der Waals surface area contributed by atoms with Gasteiger partial charge in [-0.2, -0.15) is 0 Å². The lowest BCUT2D eigenvalue weighted by Gasteiger charge is -2.06. The van der Waals surface area contributed by atoms with Crippen LogP contribution in [0.25, 0.3) is 11.0 Å². The van der Waals surface area contributed by atoms with E-state index in [0.29, 0.717) is 22.1 Å². The monoisotopic (exact) mass is 370 g/mol. The second-order valence-electron chi connectivity index (χ2n) is 6.09. The smallest absolute Gasteiger partial charge is 0.351 e. The Kier molecular flexibility index (Phi) is 4.56. The van der Waals surface area contributed by atoms with Crippen LogP contribution in [-0.2, 0) is 0 Å². The third kappa shape index (κ3) is 3.46. The molecule has 0 aliphatic heterocycles. The molecule has 0 atom stereocenters. The first-order chi connectivity index (χ1) is 13.6. The van der Waals surface area contributed by atoms with Crippen LogP contribution in [0, 0.1) is 0 Å². The van der Waals surface area contributed by atoms with E-state index >= 15 is 0 Å². The maximum absolute atomic E-state index is 12.4. The summed E-state index contributed by atoms with van der Waals surface area (Å²) >= 11 is 0. The zero-order chi connectivity index (χ0) is 19.5. The Morgan fingerprint density at radius 3 is 2.14 bits per heavy atom. The molecule has 0 radical (unpaired) electrons. The van der Waals surface area contributed by atoms with Crippen molar-refractivity contribution in [2.45, 2.75) is 0 Å². The Balaban J connectivity index is 1.55. The van der Waals surface area contributed by atoms with E-state index in [1.807, 2.05) is 6.07 Å². The van der Waals surface area contributed by atoms with Crippen LogP contribution in [0.5, 0.6) is 5.75 Å². The van der Waals surface area contributed by atoms with E-state index in [9.17, 15) is 14.4 Å².